The Morgan fingerprint density at radius 3 is 2.83 bits per heavy atom. The van der Waals surface area contributed by atoms with Crippen LogP contribution in [0.1, 0.15) is 24.6 Å². The first-order chi connectivity index (χ1) is 5.65. The summed E-state index contributed by atoms with van der Waals surface area (Å²) in [5, 5.41) is 11.5. The average molecular weight is 166 g/mol. The van der Waals surface area contributed by atoms with Gasteiger partial charge in [-0.2, -0.15) is 5.10 Å². The van der Waals surface area contributed by atoms with E-state index in [-0.39, 0.29) is 5.84 Å². The van der Waals surface area contributed by atoms with Crippen LogP contribution >= 0.6 is 0 Å². The first kappa shape index (κ1) is 8.77. The fraction of sp³-hybridized carbons (Fsp3) is 0.500. The molecule has 0 fully saturated rings. The molecule has 0 unspecified atom stereocenters. The highest BCUT2D eigenvalue weighted by molar-refractivity contribution is 5.95. The van der Waals surface area contributed by atoms with Crippen molar-refractivity contribution in [3.05, 3.63) is 17.5 Å². The molecule has 1 heterocycles. The third-order valence-corrected chi connectivity index (χ3v) is 1.69. The van der Waals surface area contributed by atoms with Gasteiger partial charge in [0.25, 0.3) is 0 Å². The number of nitrogens with two attached hydrogens (primary N) is 1. The molecule has 4 nitrogen and oxygen atoms in total. The third-order valence-electron chi connectivity index (χ3n) is 1.69. The predicted octanol–water partition coefficient (Wildman–Crippen LogP) is 0.886. The summed E-state index contributed by atoms with van der Waals surface area (Å²) in [5.74, 6) is 0.0925. The molecule has 0 aliphatic heterocycles. The Morgan fingerprint density at radius 2 is 2.42 bits per heavy atom. The van der Waals surface area contributed by atoms with Crippen molar-refractivity contribution >= 4 is 5.84 Å². The third kappa shape index (κ3) is 1.64. The minimum absolute atomic E-state index is 0.0925. The van der Waals surface area contributed by atoms with Crippen molar-refractivity contribution in [1.29, 1.82) is 5.41 Å². The summed E-state index contributed by atoms with van der Waals surface area (Å²) in [6.07, 6.45) is 2.86. The number of hydrogen-bond acceptors (Lipinski definition) is 2. The lowest BCUT2D eigenvalue weighted by atomic mass is 10.2. The van der Waals surface area contributed by atoms with Crippen LogP contribution in [0.5, 0.6) is 0 Å². The van der Waals surface area contributed by atoms with Crippen LogP contribution < -0.4 is 5.73 Å². The van der Waals surface area contributed by atoms with Gasteiger partial charge in [0, 0.05) is 12.7 Å². The molecule has 4 heteroatoms. The molecule has 0 radical (unpaired) electrons. The van der Waals surface area contributed by atoms with Crippen LogP contribution in [-0.4, -0.2) is 15.6 Å². The maximum atomic E-state index is 7.25. The van der Waals surface area contributed by atoms with Crippen molar-refractivity contribution in [2.45, 2.75) is 26.8 Å². The molecular weight excluding hydrogens is 152 g/mol. The molecule has 12 heavy (non-hydrogen) atoms. The van der Waals surface area contributed by atoms with Gasteiger partial charge in [0.1, 0.15) is 5.84 Å². The number of amidine groups is 1. The Morgan fingerprint density at radius 1 is 1.75 bits per heavy atom. The number of aromatic nitrogens is 2. The van der Waals surface area contributed by atoms with E-state index in [4.69, 9.17) is 11.1 Å². The maximum absolute atomic E-state index is 7.25. The first-order valence-electron chi connectivity index (χ1n) is 4.03. The fourth-order valence-electron chi connectivity index (χ4n) is 1.13. The van der Waals surface area contributed by atoms with E-state index in [0.717, 1.165) is 24.2 Å². The minimum Gasteiger partial charge on any atom is -0.384 e. The topological polar surface area (TPSA) is 67.7 Å². The van der Waals surface area contributed by atoms with Crippen LogP contribution in [0.15, 0.2) is 6.20 Å². The normalized spacial score (nSPS) is 10.2. The zero-order valence-corrected chi connectivity index (χ0v) is 7.46. The lowest BCUT2D eigenvalue weighted by molar-refractivity contribution is 0.598. The molecule has 0 aromatic carbocycles. The Balaban J connectivity index is 2.92. The van der Waals surface area contributed by atoms with E-state index in [1.54, 1.807) is 0 Å². The van der Waals surface area contributed by atoms with E-state index < -0.39 is 0 Å². The van der Waals surface area contributed by atoms with Crippen molar-refractivity contribution in [3.63, 3.8) is 0 Å². The Kier molecular flexibility index (Phi) is 2.47. The second kappa shape index (κ2) is 3.38. The van der Waals surface area contributed by atoms with Crippen molar-refractivity contribution in [2.24, 2.45) is 5.73 Å². The van der Waals surface area contributed by atoms with Gasteiger partial charge in [-0.1, -0.05) is 6.92 Å². The monoisotopic (exact) mass is 166 g/mol. The van der Waals surface area contributed by atoms with E-state index in [1.807, 2.05) is 17.8 Å². The highest BCUT2D eigenvalue weighted by Crippen LogP contribution is 2.04. The molecule has 0 saturated heterocycles. The summed E-state index contributed by atoms with van der Waals surface area (Å²) in [4.78, 5) is 0. The molecule has 0 bridgehead atoms. The first-order valence-corrected chi connectivity index (χ1v) is 4.03. The fourth-order valence-corrected chi connectivity index (χ4v) is 1.13. The minimum atomic E-state index is 0.0925. The lowest BCUT2D eigenvalue weighted by Crippen LogP contribution is -2.11. The summed E-state index contributed by atoms with van der Waals surface area (Å²) in [6, 6.07) is 0. The SMILES string of the molecule is CCCn1cc(C(=N)N)c(C)n1. The average Bonchev–Trinajstić information content (AvgIpc) is 2.32. The molecular formula is C8H14N4. The summed E-state index contributed by atoms with van der Waals surface area (Å²) < 4.78 is 1.83. The van der Waals surface area contributed by atoms with Gasteiger partial charge in [-0.25, -0.2) is 0 Å². The second-order valence-corrected chi connectivity index (χ2v) is 2.80. The Bertz CT molecular complexity index is 287. The molecule has 0 atom stereocenters. The number of nitrogens with zero attached hydrogens (tertiary/aromatic N) is 2. The Labute approximate surface area is 71.9 Å². The van der Waals surface area contributed by atoms with E-state index >= 15 is 0 Å². The molecule has 1 aromatic rings. The highest BCUT2D eigenvalue weighted by Gasteiger charge is 2.05. The van der Waals surface area contributed by atoms with Gasteiger partial charge in [-0.3, -0.25) is 10.1 Å². The second-order valence-electron chi connectivity index (χ2n) is 2.80. The van der Waals surface area contributed by atoms with Crippen LogP contribution in [0.3, 0.4) is 0 Å². The van der Waals surface area contributed by atoms with Gasteiger partial charge in [0.15, 0.2) is 0 Å². The van der Waals surface area contributed by atoms with Gasteiger partial charge >= 0.3 is 0 Å². The molecule has 0 aliphatic rings. The van der Waals surface area contributed by atoms with Crippen LogP contribution in [0.25, 0.3) is 0 Å². The van der Waals surface area contributed by atoms with E-state index in [1.165, 1.54) is 0 Å². The molecule has 66 valence electrons. The largest absolute Gasteiger partial charge is 0.384 e. The summed E-state index contributed by atoms with van der Waals surface area (Å²) in [7, 11) is 0. The van der Waals surface area contributed by atoms with E-state index in [2.05, 4.69) is 12.0 Å². The summed E-state index contributed by atoms with van der Waals surface area (Å²) >= 11 is 0. The lowest BCUT2D eigenvalue weighted by Gasteiger charge is -1.94. The molecule has 0 aliphatic carbocycles. The van der Waals surface area contributed by atoms with E-state index in [9.17, 15) is 0 Å². The van der Waals surface area contributed by atoms with Crippen molar-refractivity contribution in [1.82, 2.24) is 9.78 Å². The smallest absolute Gasteiger partial charge is 0.126 e. The Hall–Kier alpha value is -1.32. The number of nitrogens with one attached hydrogen (secondary N) is 1. The van der Waals surface area contributed by atoms with Crippen LogP contribution in [0, 0.1) is 12.3 Å². The van der Waals surface area contributed by atoms with Gasteiger partial charge in [0.05, 0.1) is 11.3 Å². The molecule has 1 aromatic heterocycles. The summed E-state index contributed by atoms with van der Waals surface area (Å²) in [6.45, 7) is 4.83. The van der Waals surface area contributed by atoms with Crippen LogP contribution in [0.4, 0.5) is 0 Å². The van der Waals surface area contributed by atoms with Gasteiger partial charge in [-0.15, -0.1) is 0 Å². The number of nitrogen functional groups attached to an aromatic ring is 1. The molecule has 0 spiro atoms. The van der Waals surface area contributed by atoms with Crippen LogP contribution in [-0.2, 0) is 6.54 Å². The molecule has 1 rings (SSSR count). The van der Waals surface area contributed by atoms with Crippen molar-refractivity contribution in [3.8, 4) is 0 Å². The zero-order chi connectivity index (χ0) is 9.14. The highest BCUT2D eigenvalue weighted by atomic mass is 15.3. The molecule has 3 N–H and O–H groups in total. The van der Waals surface area contributed by atoms with Crippen molar-refractivity contribution < 1.29 is 0 Å². The number of aryl methyl sites for hydroxylation is 2. The summed E-state index contributed by atoms with van der Waals surface area (Å²) in [5.41, 5.74) is 6.92. The number of hydrogen-bond donors (Lipinski definition) is 2. The van der Waals surface area contributed by atoms with Gasteiger partial charge < -0.3 is 5.73 Å². The predicted molar refractivity (Wildman–Crippen MR) is 48.3 cm³/mol. The van der Waals surface area contributed by atoms with Gasteiger partial charge in [0.2, 0.25) is 0 Å². The van der Waals surface area contributed by atoms with Gasteiger partial charge in [-0.05, 0) is 13.3 Å². The quantitative estimate of drug-likeness (QED) is 0.517. The zero-order valence-electron chi connectivity index (χ0n) is 7.46. The van der Waals surface area contributed by atoms with Crippen molar-refractivity contribution in [2.75, 3.05) is 0 Å². The standard InChI is InChI=1S/C8H14N4/c1-3-4-12-5-7(8(9)10)6(2)11-12/h5H,3-4H2,1-2H3,(H3,9,10). The molecule has 0 amide bonds. The maximum Gasteiger partial charge on any atom is 0.126 e. The molecule has 0 saturated carbocycles. The van der Waals surface area contributed by atoms with Crippen LogP contribution in [0.2, 0.25) is 0 Å². The van der Waals surface area contributed by atoms with E-state index in [0.29, 0.717) is 0 Å². The number of rotatable bonds is 3.